The molecule has 0 aliphatic heterocycles. The Hall–Kier alpha value is -3.24. The standard InChI is InChI=1S/C16H10N2O2/c17-11-19-15-7-3-13(4-8-15)1-2-14-5-9-16(10-6-14)20-12-18/h1-10H/b2-1+. The van der Waals surface area contributed by atoms with Gasteiger partial charge in [-0.3, -0.25) is 0 Å². The molecule has 4 heteroatoms. The molecule has 0 heterocycles. The molecule has 0 N–H and O–H groups in total. The van der Waals surface area contributed by atoms with Crippen molar-refractivity contribution in [3.05, 3.63) is 59.7 Å². The fourth-order valence-corrected chi connectivity index (χ4v) is 1.59. The summed E-state index contributed by atoms with van der Waals surface area (Å²) in [6, 6.07) is 14.3. The van der Waals surface area contributed by atoms with Gasteiger partial charge in [0.05, 0.1) is 0 Å². The quantitative estimate of drug-likeness (QED) is 0.624. The summed E-state index contributed by atoms with van der Waals surface area (Å²) in [6.07, 6.45) is 7.13. The Morgan fingerprint density at radius 2 is 1.00 bits per heavy atom. The van der Waals surface area contributed by atoms with Crippen LogP contribution in [0.1, 0.15) is 11.1 Å². The first kappa shape index (κ1) is 13.2. The molecule has 0 atom stereocenters. The zero-order valence-electron chi connectivity index (χ0n) is 10.5. The van der Waals surface area contributed by atoms with Crippen molar-refractivity contribution in [2.24, 2.45) is 0 Å². The third-order valence-corrected chi connectivity index (χ3v) is 2.56. The summed E-state index contributed by atoms with van der Waals surface area (Å²) in [5.41, 5.74) is 1.99. The third kappa shape index (κ3) is 3.63. The number of hydrogen-bond acceptors (Lipinski definition) is 4. The van der Waals surface area contributed by atoms with Crippen LogP contribution in [0.4, 0.5) is 0 Å². The van der Waals surface area contributed by atoms with Crippen LogP contribution in [-0.4, -0.2) is 0 Å². The molecule has 0 radical (unpaired) electrons. The molecule has 0 bridgehead atoms. The van der Waals surface area contributed by atoms with Crippen LogP contribution in [-0.2, 0) is 0 Å². The van der Waals surface area contributed by atoms with Gasteiger partial charge in [-0.05, 0) is 35.4 Å². The van der Waals surface area contributed by atoms with Crippen LogP contribution in [0.25, 0.3) is 12.2 Å². The molecule has 20 heavy (non-hydrogen) atoms. The van der Waals surface area contributed by atoms with Crippen molar-refractivity contribution in [1.29, 1.82) is 10.5 Å². The zero-order chi connectivity index (χ0) is 14.2. The predicted molar refractivity (Wildman–Crippen MR) is 74.3 cm³/mol. The molecule has 0 aliphatic rings. The van der Waals surface area contributed by atoms with Crippen LogP contribution in [0, 0.1) is 23.0 Å². The highest BCUT2D eigenvalue weighted by Gasteiger charge is 1.94. The van der Waals surface area contributed by atoms with Crippen molar-refractivity contribution >= 4 is 12.2 Å². The minimum absolute atomic E-state index is 0.516. The molecule has 0 aromatic heterocycles. The smallest absolute Gasteiger partial charge is 0.292 e. The van der Waals surface area contributed by atoms with E-state index in [4.69, 9.17) is 20.0 Å². The van der Waals surface area contributed by atoms with E-state index >= 15 is 0 Å². The number of rotatable bonds is 4. The predicted octanol–water partition coefficient (Wildman–Crippen LogP) is 3.58. The van der Waals surface area contributed by atoms with E-state index in [1.165, 1.54) is 0 Å². The molecular weight excluding hydrogens is 252 g/mol. The van der Waals surface area contributed by atoms with Crippen LogP contribution >= 0.6 is 0 Å². The number of hydrogen-bond donors (Lipinski definition) is 0. The summed E-state index contributed by atoms with van der Waals surface area (Å²) >= 11 is 0. The lowest BCUT2D eigenvalue weighted by atomic mass is 10.1. The Morgan fingerprint density at radius 3 is 1.30 bits per heavy atom. The number of ether oxygens (including phenoxy) is 2. The largest absolute Gasteiger partial charge is 0.388 e. The fraction of sp³-hybridized carbons (Fsp3) is 0. The highest BCUT2D eigenvalue weighted by atomic mass is 16.5. The first-order chi connectivity index (χ1) is 9.81. The van der Waals surface area contributed by atoms with E-state index in [9.17, 15) is 0 Å². The van der Waals surface area contributed by atoms with E-state index < -0.39 is 0 Å². The molecule has 2 aromatic rings. The highest BCUT2D eigenvalue weighted by Crippen LogP contribution is 2.16. The van der Waals surface area contributed by atoms with E-state index in [-0.39, 0.29) is 0 Å². The molecule has 2 rings (SSSR count). The minimum atomic E-state index is 0.516. The molecule has 0 saturated carbocycles. The van der Waals surface area contributed by atoms with Crippen LogP contribution in [0.15, 0.2) is 48.5 Å². The summed E-state index contributed by atoms with van der Waals surface area (Å²) in [4.78, 5) is 0. The maximum Gasteiger partial charge on any atom is 0.292 e. The van der Waals surface area contributed by atoms with Gasteiger partial charge in [-0.2, -0.15) is 0 Å². The molecule has 0 unspecified atom stereocenters. The van der Waals surface area contributed by atoms with E-state index in [2.05, 4.69) is 0 Å². The van der Waals surface area contributed by atoms with E-state index in [0.717, 1.165) is 11.1 Å². The molecule has 2 aromatic carbocycles. The molecule has 0 saturated heterocycles. The zero-order valence-corrected chi connectivity index (χ0v) is 10.5. The highest BCUT2D eigenvalue weighted by molar-refractivity contribution is 5.70. The van der Waals surface area contributed by atoms with Gasteiger partial charge in [-0.25, -0.2) is 0 Å². The lowest BCUT2D eigenvalue weighted by Gasteiger charge is -1.98. The minimum Gasteiger partial charge on any atom is -0.388 e. The topological polar surface area (TPSA) is 66.0 Å². The SMILES string of the molecule is N#COc1ccc(/C=C/c2ccc(OC#N)cc2)cc1. The summed E-state index contributed by atoms with van der Waals surface area (Å²) in [5, 5.41) is 16.8. The molecule has 96 valence electrons. The molecular formula is C16H10N2O2. The average molecular weight is 262 g/mol. The maximum absolute atomic E-state index is 8.39. The van der Waals surface area contributed by atoms with Gasteiger partial charge < -0.3 is 9.47 Å². The van der Waals surface area contributed by atoms with Crippen molar-refractivity contribution in [2.45, 2.75) is 0 Å². The maximum atomic E-state index is 8.39. The van der Waals surface area contributed by atoms with Gasteiger partial charge in [-0.1, -0.05) is 36.4 Å². The van der Waals surface area contributed by atoms with Gasteiger partial charge >= 0.3 is 0 Å². The monoisotopic (exact) mass is 262 g/mol. The third-order valence-electron chi connectivity index (χ3n) is 2.56. The van der Waals surface area contributed by atoms with E-state index in [1.807, 2.05) is 36.4 Å². The summed E-state index contributed by atoms with van der Waals surface area (Å²) in [5.74, 6) is 1.03. The Morgan fingerprint density at radius 1 is 0.650 bits per heavy atom. The lowest BCUT2D eigenvalue weighted by Crippen LogP contribution is -1.82. The Balaban J connectivity index is 2.05. The van der Waals surface area contributed by atoms with Gasteiger partial charge in [0, 0.05) is 0 Å². The second kappa shape index (κ2) is 6.63. The first-order valence-corrected chi connectivity index (χ1v) is 5.82. The summed E-state index contributed by atoms with van der Waals surface area (Å²) in [6.45, 7) is 0. The van der Waals surface area contributed by atoms with Crippen molar-refractivity contribution in [3.8, 4) is 24.0 Å². The van der Waals surface area contributed by atoms with Crippen molar-refractivity contribution in [2.75, 3.05) is 0 Å². The first-order valence-electron chi connectivity index (χ1n) is 5.82. The average Bonchev–Trinajstić information content (AvgIpc) is 2.49. The Labute approximate surface area is 116 Å². The Kier molecular flexibility index (Phi) is 4.37. The molecule has 0 fully saturated rings. The van der Waals surface area contributed by atoms with Gasteiger partial charge in [-0.15, -0.1) is 10.5 Å². The van der Waals surface area contributed by atoms with Gasteiger partial charge in [0.2, 0.25) is 0 Å². The van der Waals surface area contributed by atoms with Gasteiger partial charge in [0.15, 0.2) is 0 Å². The van der Waals surface area contributed by atoms with Crippen LogP contribution in [0.5, 0.6) is 11.5 Å². The van der Waals surface area contributed by atoms with Crippen LogP contribution in [0.3, 0.4) is 0 Å². The lowest BCUT2D eigenvalue weighted by molar-refractivity contribution is 0.507. The molecule has 0 spiro atoms. The fourth-order valence-electron chi connectivity index (χ4n) is 1.59. The van der Waals surface area contributed by atoms with Crippen LogP contribution < -0.4 is 9.47 Å². The number of nitriles is 2. The van der Waals surface area contributed by atoms with Gasteiger partial charge in [0.1, 0.15) is 11.5 Å². The Bertz CT molecular complexity index is 613. The van der Waals surface area contributed by atoms with Crippen LogP contribution in [0.2, 0.25) is 0 Å². The second-order valence-electron chi connectivity index (χ2n) is 3.86. The molecule has 0 amide bonds. The van der Waals surface area contributed by atoms with Crippen molar-refractivity contribution in [3.63, 3.8) is 0 Å². The van der Waals surface area contributed by atoms with E-state index in [0.29, 0.717) is 11.5 Å². The van der Waals surface area contributed by atoms with Crippen molar-refractivity contribution < 1.29 is 9.47 Å². The second-order valence-corrected chi connectivity index (χ2v) is 3.86. The van der Waals surface area contributed by atoms with Gasteiger partial charge in [0.25, 0.3) is 12.5 Å². The summed E-state index contributed by atoms with van der Waals surface area (Å²) in [7, 11) is 0. The number of benzene rings is 2. The summed E-state index contributed by atoms with van der Waals surface area (Å²) < 4.78 is 9.40. The number of nitrogens with zero attached hydrogens (tertiary/aromatic N) is 2. The van der Waals surface area contributed by atoms with E-state index in [1.54, 1.807) is 36.8 Å². The molecule has 4 nitrogen and oxygen atoms in total. The van der Waals surface area contributed by atoms with Crippen molar-refractivity contribution in [1.82, 2.24) is 0 Å². The normalized spacial score (nSPS) is 9.70. The molecule has 0 aliphatic carbocycles.